The minimum absolute atomic E-state index is 0.557. The minimum Gasteiger partial charge on any atom is -0.469 e. The first-order valence-electron chi connectivity index (χ1n) is 6.59. The van der Waals surface area contributed by atoms with Crippen LogP contribution in [0.25, 0.3) is 0 Å². The Morgan fingerprint density at radius 3 is 3.28 bits per heavy atom. The molecule has 1 saturated heterocycles. The van der Waals surface area contributed by atoms with Crippen molar-refractivity contribution in [1.82, 2.24) is 9.88 Å². The molecular weight excluding hydrogens is 244 g/mol. The van der Waals surface area contributed by atoms with Gasteiger partial charge in [-0.05, 0) is 44.5 Å². The number of furan rings is 1. The van der Waals surface area contributed by atoms with Gasteiger partial charge < -0.3 is 4.42 Å². The van der Waals surface area contributed by atoms with Crippen molar-refractivity contribution < 1.29 is 4.42 Å². The maximum absolute atomic E-state index is 5.37. The molecule has 0 aromatic carbocycles. The Morgan fingerprint density at radius 2 is 2.50 bits per heavy atom. The Hall–Kier alpha value is -1.13. The summed E-state index contributed by atoms with van der Waals surface area (Å²) in [5.74, 6) is 1.10. The largest absolute Gasteiger partial charge is 0.469 e. The molecule has 0 spiro atoms. The van der Waals surface area contributed by atoms with E-state index in [-0.39, 0.29) is 0 Å². The van der Waals surface area contributed by atoms with Crippen LogP contribution >= 0.6 is 11.3 Å². The molecule has 1 fully saturated rings. The van der Waals surface area contributed by atoms with Gasteiger partial charge in [-0.2, -0.15) is 0 Å². The zero-order valence-corrected chi connectivity index (χ0v) is 11.2. The summed E-state index contributed by atoms with van der Waals surface area (Å²) in [6.45, 7) is 2.35. The average molecular weight is 262 g/mol. The van der Waals surface area contributed by atoms with E-state index in [0.717, 1.165) is 25.1 Å². The highest BCUT2D eigenvalue weighted by Gasteiger charge is 2.27. The van der Waals surface area contributed by atoms with E-state index in [1.165, 1.54) is 24.4 Å². The summed E-state index contributed by atoms with van der Waals surface area (Å²) < 4.78 is 5.37. The predicted molar refractivity (Wildman–Crippen MR) is 72.7 cm³/mol. The molecule has 3 heterocycles. The molecule has 2 aromatic heterocycles. The summed E-state index contributed by atoms with van der Waals surface area (Å²) in [5.41, 5.74) is 0. The maximum atomic E-state index is 5.37. The fraction of sp³-hybridized carbons (Fsp3) is 0.500. The van der Waals surface area contributed by atoms with Crippen LogP contribution in [0.5, 0.6) is 0 Å². The highest BCUT2D eigenvalue weighted by molar-refractivity contribution is 7.09. The molecule has 0 saturated carbocycles. The number of nitrogens with zero attached hydrogens (tertiary/aromatic N) is 2. The molecule has 2 aromatic rings. The summed E-state index contributed by atoms with van der Waals surface area (Å²) in [5, 5.41) is 3.36. The van der Waals surface area contributed by atoms with Crippen LogP contribution in [0, 0.1) is 0 Å². The topological polar surface area (TPSA) is 29.3 Å². The maximum Gasteiger partial charge on any atom is 0.110 e. The molecule has 0 radical (unpaired) electrons. The number of thiazole rings is 1. The van der Waals surface area contributed by atoms with Crippen molar-refractivity contribution in [2.75, 3.05) is 13.1 Å². The van der Waals surface area contributed by atoms with E-state index in [9.17, 15) is 0 Å². The van der Waals surface area contributed by atoms with Gasteiger partial charge in [0.1, 0.15) is 10.8 Å². The van der Waals surface area contributed by atoms with Crippen LogP contribution in [0.15, 0.2) is 34.4 Å². The molecule has 0 amide bonds. The van der Waals surface area contributed by atoms with Crippen molar-refractivity contribution in [3.8, 4) is 0 Å². The molecule has 4 heteroatoms. The van der Waals surface area contributed by atoms with E-state index in [4.69, 9.17) is 4.42 Å². The smallest absolute Gasteiger partial charge is 0.110 e. The fourth-order valence-corrected chi connectivity index (χ4v) is 3.49. The van der Waals surface area contributed by atoms with Crippen LogP contribution in [-0.4, -0.2) is 23.0 Å². The van der Waals surface area contributed by atoms with Crippen LogP contribution in [0.1, 0.15) is 36.1 Å². The number of hydrogen-bond donors (Lipinski definition) is 0. The third-order valence-corrected chi connectivity index (χ3v) is 4.43. The first-order valence-corrected chi connectivity index (χ1v) is 7.47. The molecule has 1 aliphatic rings. The Kier molecular flexibility index (Phi) is 3.76. The summed E-state index contributed by atoms with van der Waals surface area (Å²) in [7, 11) is 0. The Balaban J connectivity index is 1.52. The van der Waals surface area contributed by atoms with E-state index >= 15 is 0 Å². The van der Waals surface area contributed by atoms with E-state index in [2.05, 4.69) is 21.3 Å². The number of aromatic nitrogens is 1. The molecule has 1 aliphatic heterocycles. The highest BCUT2D eigenvalue weighted by Crippen LogP contribution is 2.32. The molecule has 0 unspecified atom stereocenters. The molecule has 0 bridgehead atoms. The summed E-state index contributed by atoms with van der Waals surface area (Å²) >= 11 is 1.78. The van der Waals surface area contributed by atoms with Gasteiger partial charge in [0, 0.05) is 18.0 Å². The second-order valence-corrected chi connectivity index (χ2v) is 5.67. The van der Waals surface area contributed by atoms with Gasteiger partial charge in [0.25, 0.3) is 0 Å². The van der Waals surface area contributed by atoms with Crippen molar-refractivity contribution in [1.29, 1.82) is 0 Å². The molecule has 0 aliphatic carbocycles. The van der Waals surface area contributed by atoms with E-state index in [1.807, 2.05) is 12.3 Å². The Bertz CT molecular complexity index is 452. The number of likely N-dealkylation sites (tertiary alicyclic amines) is 1. The number of rotatable bonds is 5. The first-order chi connectivity index (χ1) is 8.93. The second kappa shape index (κ2) is 5.67. The van der Waals surface area contributed by atoms with Crippen LogP contribution < -0.4 is 0 Å². The predicted octanol–water partition coefficient (Wildman–Crippen LogP) is 3.51. The van der Waals surface area contributed by atoms with Crippen molar-refractivity contribution >= 4 is 11.3 Å². The molecule has 3 rings (SSSR count). The molecule has 96 valence electrons. The zero-order valence-electron chi connectivity index (χ0n) is 10.4. The number of hydrogen-bond acceptors (Lipinski definition) is 4. The van der Waals surface area contributed by atoms with Crippen LogP contribution in [0.3, 0.4) is 0 Å². The monoisotopic (exact) mass is 262 g/mol. The lowest BCUT2D eigenvalue weighted by Crippen LogP contribution is -2.24. The van der Waals surface area contributed by atoms with Gasteiger partial charge >= 0.3 is 0 Å². The van der Waals surface area contributed by atoms with Gasteiger partial charge in [0.2, 0.25) is 0 Å². The molecule has 3 nitrogen and oxygen atoms in total. The second-order valence-electron chi connectivity index (χ2n) is 4.75. The molecule has 1 atom stereocenters. The van der Waals surface area contributed by atoms with Gasteiger partial charge in [0.15, 0.2) is 0 Å². The van der Waals surface area contributed by atoms with E-state index < -0.39 is 0 Å². The minimum atomic E-state index is 0.557. The van der Waals surface area contributed by atoms with Crippen molar-refractivity contribution in [2.24, 2.45) is 0 Å². The van der Waals surface area contributed by atoms with Gasteiger partial charge in [0.05, 0.1) is 12.3 Å². The van der Waals surface area contributed by atoms with E-state index in [0.29, 0.717) is 6.04 Å². The summed E-state index contributed by atoms with van der Waals surface area (Å²) in [6, 6.07) is 4.58. The molecule has 18 heavy (non-hydrogen) atoms. The lowest BCUT2D eigenvalue weighted by molar-refractivity contribution is 0.251. The van der Waals surface area contributed by atoms with Crippen molar-refractivity contribution in [3.63, 3.8) is 0 Å². The number of aryl methyl sites for hydroxylation is 1. The Morgan fingerprint density at radius 1 is 1.50 bits per heavy atom. The summed E-state index contributed by atoms with van der Waals surface area (Å²) in [6.07, 6.45) is 8.42. The van der Waals surface area contributed by atoms with Gasteiger partial charge in [-0.3, -0.25) is 4.90 Å². The molecular formula is C14H18N2OS. The summed E-state index contributed by atoms with van der Waals surface area (Å²) in [4.78, 5) is 7.04. The van der Waals surface area contributed by atoms with Crippen LogP contribution in [-0.2, 0) is 6.42 Å². The van der Waals surface area contributed by atoms with Gasteiger partial charge in [-0.1, -0.05) is 0 Å². The highest BCUT2D eigenvalue weighted by atomic mass is 32.1. The Labute approximate surface area is 111 Å². The van der Waals surface area contributed by atoms with Crippen molar-refractivity contribution in [2.45, 2.75) is 31.7 Å². The molecule has 0 N–H and O–H groups in total. The van der Waals surface area contributed by atoms with E-state index in [1.54, 1.807) is 17.6 Å². The fourth-order valence-electron chi connectivity index (χ4n) is 2.68. The zero-order chi connectivity index (χ0) is 12.2. The lowest BCUT2D eigenvalue weighted by Gasteiger charge is -2.22. The normalized spacial score (nSPS) is 20.6. The van der Waals surface area contributed by atoms with Gasteiger partial charge in [-0.15, -0.1) is 11.3 Å². The van der Waals surface area contributed by atoms with Crippen LogP contribution in [0.4, 0.5) is 0 Å². The third kappa shape index (κ3) is 2.65. The third-order valence-electron chi connectivity index (χ3n) is 3.55. The van der Waals surface area contributed by atoms with Gasteiger partial charge in [-0.25, -0.2) is 4.98 Å². The van der Waals surface area contributed by atoms with Crippen molar-refractivity contribution in [3.05, 3.63) is 40.7 Å². The quantitative estimate of drug-likeness (QED) is 0.826. The lowest BCUT2D eigenvalue weighted by atomic mass is 10.2. The standard InChI is InChI=1S/C14H18N2OS/c1(4-12-5-3-10-17-12)8-16-9-2-6-13(16)14-15-7-11-18-14/h3,5,7,10-11,13H,1-2,4,6,8-9H2/t13-/m1/s1. The SMILES string of the molecule is c1coc(CCCN2CCC[C@@H]2c2nccs2)c1. The first kappa shape index (κ1) is 11.9. The van der Waals surface area contributed by atoms with Crippen LogP contribution in [0.2, 0.25) is 0 Å². The average Bonchev–Trinajstić information content (AvgIpc) is 3.12.